The summed E-state index contributed by atoms with van der Waals surface area (Å²) in [5, 5.41) is 4.98. The number of aryl methyl sites for hydroxylation is 1. The van der Waals surface area contributed by atoms with Crippen LogP contribution < -0.4 is 10.8 Å². The fourth-order valence-electron chi connectivity index (χ4n) is 4.23. The number of rotatable bonds is 8. The molecule has 2 aromatic rings. The van der Waals surface area contributed by atoms with Crippen molar-refractivity contribution in [3.8, 4) is 0 Å². The molecule has 1 amide bonds. The fraction of sp³-hybridized carbons (Fsp3) is 0.400. The summed E-state index contributed by atoms with van der Waals surface area (Å²) in [5.41, 5.74) is 7.23. The lowest BCUT2D eigenvalue weighted by Crippen LogP contribution is -2.32. The number of hydroxylamine groups is 1. The van der Waals surface area contributed by atoms with Crippen LogP contribution in [0.3, 0.4) is 0 Å². The first-order chi connectivity index (χ1) is 15.6. The lowest BCUT2D eigenvalue weighted by atomic mass is 10.0. The number of hydrogen-bond acceptors (Lipinski definition) is 4. The van der Waals surface area contributed by atoms with Crippen molar-refractivity contribution in [3.63, 3.8) is 0 Å². The second-order valence-electron chi connectivity index (χ2n) is 8.24. The van der Waals surface area contributed by atoms with Crippen LogP contribution in [0.15, 0.2) is 42.5 Å². The monoisotopic (exact) mass is 474 g/mol. The Labute approximate surface area is 199 Å². The normalized spacial score (nSPS) is 20.4. The third-order valence-electron chi connectivity index (χ3n) is 5.83. The highest BCUT2D eigenvalue weighted by Gasteiger charge is 2.21. The van der Waals surface area contributed by atoms with Crippen LogP contribution in [-0.4, -0.2) is 25.3 Å². The molecule has 2 aromatic carbocycles. The predicted octanol–water partition coefficient (Wildman–Crippen LogP) is 5.40. The minimum Gasteiger partial charge on any atom is -0.350 e. The number of halogens is 2. The highest BCUT2D eigenvalue weighted by atomic mass is 35.5. The van der Waals surface area contributed by atoms with Gasteiger partial charge in [-0.2, -0.15) is 0 Å². The van der Waals surface area contributed by atoms with E-state index in [0.29, 0.717) is 22.7 Å². The smallest absolute Gasteiger partial charge is 0.267 e. The Morgan fingerprint density at radius 1 is 1.12 bits per heavy atom. The largest absolute Gasteiger partial charge is 0.350 e. The van der Waals surface area contributed by atoms with E-state index >= 15 is 0 Å². The van der Waals surface area contributed by atoms with Gasteiger partial charge in [0.2, 0.25) is 0 Å². The highest BCUT2D eigenvalue weighted by Crippen LogP contribution is 2.32. The summed E-state index contributed by atoms with van der Waals surface area (Å²) in [4.78, 5) is 17.3. The van der Waals surface area contributed by atoms with Crippen LogP contribution in [0.4, 0.5) is 0 Å². The molecule has 1 heterocycles. The van der Waals surface area contributed by atoms with Crippen LogP contribution in [0.5, 0.6) is 0 Å². The summed E-state index contributed by atoms with van der Waals surface area (Å²) in [6.07, 6.45) is 8.81. The second-order valence-corrected chi connectivity index (χ2v) is 9.12. The second kappa shape index (κ2) is 11.3. The molecule has 170 valence electrons. The van der Waals surface area contributed by atoms with Gasteiger partial charge in [-0.25, -0.2) is 10.3 Å². The molecular weight excluding hydrogens is 447 g/mol. The number of hydrogen-bond donors (Lipinski definition) is 2. The Hall–Kier alpha value is -1.89. The summed E-state index contributed by atoms with van der Waals surface area (Å²) in [5.74, 6) is -0.291. The van der Waals surface area contributed by atoms with E-state index in [1.807, 2.05) is 24.3 Å². The zero-order valence-electron chi connectivity index (χ0n) is 17.9. The molecule has 1 saturated heterocycles. The molecule has 2 aliphatic rings. The first kappa shape index (κ1) is 23.3. The zero-order valence-corrected chi connectivity index (χ0v) is 19.4. The van der Waals surface area contributed by atoms with Crippen LogP contribution in [0.2, 0.25) is 10.0 Å². The number of benzene rings is 2. The van der Waals surface area contributed by atoms with Gasteiger partial charge in [-0.15, -0.1) is 0 Å². The van der Waals surface area contributed by atoms with Gasteiger partial charge in [0.25, 0.3) is 5.91 Å². The minimum absolute atomic E-state index is 0.291. The Balaban J connectivity index is 1.26. The number of fused-ring (bicyclic) bond motifs is 1. The summed E-state index contributed by atoms with van der Waals surface area (Å²) in [6, 6.07) is 12.4. The SMILES string of the molecule is O=C(/C=C/c1ccc2c(c1)CCC2NCCc1cc(Cl)cc(Cl)c1)NOC1CCCCO1. The van der Waals surface area contributed by atoms with Crippen LogP contribution in [0, 0.1) is 0 Å². The molecule has 2 N–H and O–H groups in total. The maximum atomic E-state index is 12.0. The van der Waals surface area contributed by atoms with Gasteiger partial charge in [0.05, 0.1) is 0 Å². The van der Waals surface area contributed by atoms with Gasteiger partial charge in [0.1, 0.15) is 0 Å². The summed E-state index contributed by atoms with van der Waals surface area (Å²) >= 11 is 12.2. The van der Waals surface area contributed by atoms with Crippen LogP contribution in [0.1, 0.15) is 54.0 Å². The van der Waals surface area contributed by atoms with Gasteiger partial charge >= 0.3 is 0 Å². The van der Waals surface area contributed by atoms with E-state index < -0.39 is 0 Å². The first-order valence-corrected chi connectivity index (χ1v) is 11.9. The molecule has 32 heavy (non-hydrogen) atoms. The van der Waals surface area contributed by atoms with Crippen molar-refractivity contribution in [2.24, 2.45) is 0 Å². The standard InChI is InChI=1S/C25H28Cl2N2O3/c26-20-14-18(15-21(27)16-20)10-11-28-23-8-6-19-13-17(4-7-22(19)23)5-9-24(30)29-32-25-3-1-2-12-31-25/h4-5,7,9,13-16,23,25,28H,1-3,6,8,10-12H2,(H,29,30)/b9-5+. The number of ether oxygens (including phenoxy) is 1. The van der Waals surface area contributed by atoms with Crippen LogP contribution in [0.25, 0.3) is 6.08 Å². The molecule has 1 aliphatic heterocycles. The minimum atomic E-state index is -0.346. The van der Waals surface area contributed by atoms with Gasteiger partial charge in [0, 0.05) is 35.2 Å². The van der Waals surface area contributed by atoms with E-state index in [9.17, 15) is 4.79 Å². The van der Waals surface area contributed by atoms with E-state index in [4.69, 9.17) is 32.8 Å². The molecule has 0 radical (unpaired) electrons. The van der Waals surface area contributed by atoms with E-state index in [1.54, 1.807) is 6.07 Å². The van der Waals surface area contributed by atoms with E-state index in [-0.39, 0.29) is 12.2 Å². The quantitative estimate of drug-likeness (QED) is 0.397. The number of carbonyl (C=O) groups is 1. The van der Waals surface area contributed by atoms with Gasteiger partial charge in [-0.3, -0.25) is 4.79 Å². The Morgan fingerprint density at radius 2 is 1.97 bits per heavy atom. The molecule has 0 aromatic heterocycles. The molecule has 0 spiro atoms. The van der Waals surface area contributed by atoms with Crippen molar-refractivity contribution in [3.05, 3.63) is 74.8 Å². The van der Waals surface area contributed by atoms with Crippen molar-refractivity contribution < 1.29 is 14.4 Å². The van der Waals surface area contributed by atoms with Gasteiger partial charge in [-0.1, -0.05) is 41.4 Å². The lowest BCUT2D eigenvalue weighted by Gasteiger charge is -2.21. The summed E-state index contributed by atoms with van der Waals surface area (Å²) in [6.45, 7) is 1.53. The molecule has 7 heteroatoms. The van der Waals surface area contributed by atoms with Crippen molar-refractivity contribution >= 4 is 35.2 Å². The van der Waals surface area contributed by atoms with Gasteiger partial charge < -0.3 is 10.1 Å². The van der Waals surface area contributed by atoms with Crippen molar-refractivity contribution in [1.82, 2.24) is 10.8 Å². The molecule has 2 unspecified atom stereocenters. The number of carbonyl (C=O) groups excluding carboxylic acids is 1. The Bertz CT molecular complexity index is 953. The molecule has 0 saturated carbocycles. The fourth-order valence-corrected chi connectivity index (χ4v) is 4.80. The Morgan fingerprint density at radius 3 is 2.75 bits per heavy atom. The average molecular weight is 475 g/mol. The zero-order chi connectivity index (χ0) is 22.3. The number of nitrogens with one attached hydrogen (secondary N) is 2. The molecule has 5 nitrogen and oxygen atoms in total. The van der Waals surface area contributed by atoms with Crippen molar-refractivity contribution in [2.75, 3.05) is 13.2 Å². The molecule has 1 aliphatic carbocycles. The molecular formula is C25H28Cl2N2O3. The van der Waals surface area contributed by atoms with Gasteiger partial charge in [-0.05, 0) is 85.2 Å². The average Bonchev–Trinajstić information content (AvgIpc) is 3.18. The third kappa shape index (κ3) is 6.56. The van der Waals surface area contributed by atoms with E-state index in [1.165, 1.54) is 17.2 Å². The maximum Gasteiger partial charge on any atom is 0.267 e. The Kier molecular flexibility index (Phi) is 8.22. The van der Waals surface area contributed by atoms with Crippen LogP contribution >= 0.6 is 23.2 Å². The molecule has 0 bridgehead atoms. The predicted molar refractivity (Wildman–Crippen MR) is 128 cm³/mol. The van der Waals surface area contributed by atoms with E-state index in [2.05, 4.69) is 22.9 Å². The van der Waals surface area contributed by atoms with Crippen molar-refractivity contribution in [1.29, 1.82) is 0 Å². The molecule has 4 rings (SSSR count). The maximum absolute atomic E-state index is 12.0. The lowest BCUT2D eigenvalue weighted by molar-refractivity contribution is -0.198. The van der Waals surface area contributed by atoms with Crippen LogP contribution in [-0.2, 0) is 27.2 Å². The third-order valence-corrected chi connectivity index (χ3v) is 6.26. The summed E-state index contributed by atoms with van der Waals surface area (Å²) in [7, 11) is 0. The van der Waals surface area contributed by atoms with Crippen molar-refractivity contribution in [2.45, 2.75) is 50.9 Å². The molecule has 2 atom stereocenters. The first-order valence-electron chi connectivity index (χ1n) is 11.1. The van der Waals surface area contributed by atoms with Gasteiger partial charge in [0.15, 0.2) is 6.29 Å². The number of amides is 1. The highest BCUT2D eigenvalue weighted by molar-refractivity contribution is 6.34. The van der Waals surface area contributed by atoms with E-state index in [0.717, 1.165) is 56.2 Å². The topological polar surface area (TPSA) is 59.6 Å². The summed E-state index contributed by atoms with van der Waals surface area (Å²) < 4.78 is 5.44. The molecule has 1 fully saturated rings.